The highest BCUT2D eigenvalue weighted by Crippen LogP contribution is 2.38. The molecule has 35 heavy (non-hydrogen) atoms. The van der Waals surface area contributed by atoms with Gasteiger partial charge in [-0.25, -0.2) is 0 Å². The Morgan fingerprint density at radius 1 is 0.714 bits per heavy atom. The normalized spacial score (nSPS) is 27.3. The van der Waals surface area contributed by atoms with Crippen LogP contribution in [-0.4, -0.2) is 54.0 Å². The van der Waals surface area contributed by atoms with Gasteiger partial charge in [0.05, 0.1) is 30.9 Å². The van der Waals surface area contributed by atoms with Crippen LogP contribution >= 0.6 is 0 Å². The van der Waals surface area contributed by atoms with Gasteiger partial charge in [0.1, 0.15) is 24.4 Å². The van der Waals surface area contributed by atoms with E-state index in [0.717, 1.165) is 11.1 Å². The van der Waals surface area contributed by atoms with Gasteiger partial charge in [-0.15, -0.1) is 0 Å². The van der Waals surface area contributed by atoms with Crippen molar-refractivity contribution in [1.82, 2.24) is 4.90 Å². The third-order valence-corrected chi connectivity index (χ3v) is 6.73. The Labute approximate surface area is 203 Å². The van der Waals surface area contributed by atoms with Gasteiger partial charge in [-0.05, 0) is 23.3 Å². The van der Waals surface area contributed by atoms with Crippen LogP contribution in [0, 0.1) is 0 Å². The number of carbonyl (C=O) groups excluding carboxylic acids is 2. The summed E-state index contributed by atoms with van der Waals surface area (Å²) in [7, 11) is 0. The first-order valence-corrected chi connectivity index (χ1v) is 11.8. The minimum atomic E-state index is -0.786. The van der Waals surface area contributed by atoms with Gasteiger partial charge >= 0.3 is 0 Å². The summed E-state index contributed by atoms with van der Waals surface area (Å²) in [6.45, 7) is 0.945. The molecule has 7 heteroatoms. The molecule has 3 aromatic carbocycles. The monoisotopic (exact) mass is 471 g/mol. The molecule has 2 saturated heterocycles. The summed E-state index contributed by atoms with van der Waals surface area (Å²) in [5, 5.41) is 0. The highest BCUT2D eigenvalue weighted by molar-refractivity contribution is 6.21. The van der Waals surface area contributed by atoms with E-state index in [2.05, 4.69) is 0 Å². The summed E-state index contributed by atoms with van der Waals surface area (Å²) in [5.74, 6) is -0.744. The lowest BCUT2D eigenvalue weighted by atomic mass is 9.96. The van der Waals surface area contributed by atoms with E-state index in [-0.39, 0.29) is 17.9 Å². The van der Waals surface area contributed by atoms with Crippen molar-refractivity contribution >= 4 is 11.8 Å². The third kappa shape index (κ3) is 4.06. The Morgan fingerprint density at radius 2 is 1.23 bits per heavy atom. The molecule has 2 amide bonds. The molecule has 0 saturated carbocycles. The Bertz CT molecular complexity index is 1180. The zero-order chi connectivity index (χ0) is 23.8. The number of fused-ring (bicyclic) bond motifs is 3. The van der Waals surface area contributed by atoms with Crippen molar-refractivity contribution in [3.8, 4) is 0 Å². The van der Waals surface area contributed by atoms with Crippen LogP contribution in [0.25, 0.3) is 0 Å². The smallest absolute Gasteiger partial charge is 0.262 e. The molecule has 0 spiro atoms. The first-order chi connectivity index (χ1) is 17.2. The van der Waals surface area contributed by atoms with Crippen molar-refractivity contribution in [3.05, 3.63) is 107 Å². The SMILES string of the molecule is O=C1c2ccccc2C(=O)N1[C@H]1[C@@H]2OC[C@@H](O2)[C@@H](OCc2ccccc2)[C@@H]1OCc1ccccc1. The molecule has 0 N–H and O–H groups in total. The molecule has 3 aliphatic rings. The molecule has 3 aromatic rings. The molecule has 3 heterocycles. The third-order valence-electron chi connectivity index (χ3n) is 6.73. The topological polar surface area (TPSA) is 74.3 Å². The molecule has 2 bridgehead atoms. The van der Waals surface area contributed by atoms with Gasteiger partial charge in [-0.1, -0.05) is 72.8 Å². The van der Waals surface area contributed by atoms with Gasteiger partial charge in [0.2, 0.25) is 0 Å². The number of ether oxygens (including phenoxy) is 4. The predicted octanol–water partition coefficient (Wildman–Crippen LogP) is 3.58. The van der Waals surface area contributed by atoms with Crippen molar-refractivity contribution in [2.45, 2.75) is 43.9 Å². The van der Waals surface area contributed by atoms with Crippen LogP contribution in [0.1, 0.15) is 31.8 Å². The van der Waals surface area contributed by atoms with Gasteiger partial charge in [0.15, 0.2) is 6.29 Å². The number of amides is 2. The molecule has 7 nitrogen and oxygen atoms in total. The molecule has 5 atom stereocenters. The van der Waals surface area contributed by atoms with E-state index >= 15 is 0 Å². The molecule has 6 rings (SSSR count). The largest absolute Gasteiger partial charge is 0.368 e. The maximum Gasteiger partial charge on any atom is 0.262 e. The van der Waals surface area contributed by atoms with Gasteiger partial charge in [-0.3, -0.25) is 14.5 Å². The van der Waals surface area contributed by atoms with Crippen LogP contribution in [0.15, 0.2) is 84.9 Å². The first-order valence-electron chi connectivity index (χ1n) is 11.8. The molecule has 0 unspecified atom stereocenters. The Morgan fingerprint density at radius 3 is 1.80 bits per heavy atom. The lowest BCUT2D eigenvalue weighted by Gasteiger charge is -2.43. The summed E-state index contributed by atoms with van der Waals surface area (Å²) >= 11 is 0. The van der Waals surface area contributed by atoms with E-state index < -0.39 is 24.5 Å². The number of rotatable bonds is 7. The number of nitrogens with zero attached hydrogens (tertiary/aromatic N) is 1. The molecule has 0 aliphatic carbocycles. The second-order valence-corrected chi connectivity index (χ2v) is 8.92. The lowest BCUT2D eigenvalue weighted by Crippen LogP contribution is -2.63. The average Bonchev–Trinajstić information content (AvgIpc) is 3.44. The Hall–Kier alpha value is -3.36. The van der Waals surface area contributed by atoms with Crippen molar-refractivity contribution < 1.29 is 28.5 Å². The number of carbonyl (C=O) groups is 2. The molecule has 0 aromatic heterocycles. The highest BCUT2D eigenvalue weighted by atomic mass is 16.7. The summed E-state index contributed by atoms with van der Waals surface area (Å²) in [4.78, 5) is 28.0. The number of hydrogen-bond acceptors (Lipinski definition) is 6. The van der Waals surface area contributed by atoms with Crippen LogP contribution in [0.5, 0.6) is 0 Å². The lowest BCUT2D eigenvalue weighted by molar-refractivity contribution is -0.228. The maximum atomic E-state index is 13.4. The zero-order valence-electron chi connectivity index (χ0n) is 19.0. The van der Waals surface area contributed by atoms with Gasteiger partial charge in [-0.2, -0.15) is 0 Å². The summed E-state index contributed by atoms with van der Waals surface area (Å²) in [6, 6.07) is 25.7. The summed E-state index contributed by atoms with van der Waals surface area (Å²) in [6.07, 6.45) is -2.31. The van der Waals surface area contributed by atoms with E-state index in [1.165, 1.54) is 4.90 Å². The average molecular weight is 472 g/mol. The van der Waals surface area contributed by atoms with Gasteiger partial charge in [0, 0.05) is 0 Å². The standard InChI is InChI=1S/C28H25NO6/c30-26-20-13-7-8-14-21(20)27(31)29(26)23-25(33-16-19-11-5-2-6-12-19)24(22-17-34-28(23)35-22)32-15-18-9-3-1-4-10-18/h1-14,22-25,28H,15-17H2/t22-,23-,24-,25-,28-/m1/s1. The second kappa shape index (κ2) is 9.36. The Balaban J connectivity index is 1.33. The van der Waals surface area contributed by atoms with E-state index in [9.17, 15) is 9.59 Å². The fraction of sp³-hybridized carbons (Fsp3) is 0.286. The van der Waals surface area contributed by atoms with Gasteiger partial charge in [0.25, 0.3) is 11.8 Å². The van der Waals surface area contributed by atoms with Crippen molar-refractivity contribution in [1.29, 1.82) is 0 Å². The van der Waals surface area contributed by atoms with Crippen molar-refractivity contribution in [2.24, 2.45) is 0 Å². The molecular weight excluding hydrogens is 446 g/mol. The fourth-order valence-electron chi connectivity index (χ4n) is 5.03. The highest BCUT2D eigenvalue weighted by Gasteiger charge is 2.58. The van der Waals surface area contributed by atoms with Crippen LogP contribution in [0.4, 0.5) is 0 Å². The maximum absolute atomic E-state index is 13.4. The van der Waals surface area contributed by atoms with Crippen molar-refractivity contribution in [3.63, 3.8) is 0 Å². The van der Waals surface area contributed by atoms with Gasteiger partial charge < -0.3 is 18.9 Å². The molecule has 0 radical (unpaired) electrons. The summed E-state index contributed by atoms with van der Waals surface area (Å²) in [5.41, 5.74) is 2.74. The fourth-order valence-corrected chi connectivity index (χ4v) is 5.03. The van der Waals surface area contributed by atoms with E-state index in [1.807, 2.05) is 60.7 Å². The number of hydrogen-bond donors (Lipinski definition) is 0. The first kappa shape index (κ1) is 22.1. The molecule has 3 aliphatic heterocycles. The van der Waals surface area contributed by atoms with E-state index in [4.69, 9.17) is 18.9 Å². The molecular formula is C28H25NO6. The minimum Gasteiger partial charge on any atom is -0.368 e. The summed E-state index contributed by atoms with van der Waals surface area (Å²) < 4.78 is 24.9. The minimum absolute atomic E-state index is 0.301. The zero-order valence-corrected chi connectivity index (χ0v) is 19.0. The number of imide groups is 1. The second-order valence-electron chi connectivity index (χ2n) is 8.92. The van der Waals surface area contributed by atoms with E-state index in [1.54, 1.807) is 24.3 Å². The molecule has 2 fully saturated rings. The van der Waals surface area contributed by atoms with Crippen molar-refractivity contribution in [2.75, 3.05) is 6.61 Å². The van der Waals surface area contributed by atoms with E-state index in [0.29, 0.717) is 30.9 Å². The van der Waals surface area contributed by atoms with Crippen LogP contribution < -0.4 is 0 Å². The van der Waals surface area contributed by atoms with Crippen LogP contribution in [-0.2, 0) is 32.2 Å². The Kier molecular flexibility index (Phi) is 5.91. The van der Waals surface area contributed by atoms with Crippen LogP contribution in [0.3, 0.4) is 0 Å². The quantitative estimate of drug-likeness (QED) is 0.491. The molecule has 178 valence electrons. The predicted molar refractivity (Wildman–Crippen MR) is 125 cm³/mol. The van der Waals surface area contributed by atoms with Crippen LogP contribution in [0.2, 0.25) is 0 Å². The number of benzene rings is 3.